The fourth-order valence-electron chi connectivity index (χ4n) is 3.73. The van der Waals surface area contributed by atoms with Gasteiger partial charge in [-0.3, -0.25) is 4.79 Å². The Bertz CT molecular complexity index is 578. The predicted octanol–water partition coefficient (Wildman–Crippen LogP) is 2.41. The summed E-state index contributed by atoms with van der Waals surface area (Å²) >= 11 is 0. The molecule has 1 aromatic rings. The smallest absolute Gasteiger partial charge is 0.307 e. The number of hydrogen-bond donors (Lipinski definition) is 1. The summed E-state index contributed by atoms with van der Waals surface area (Å²) in [5, 5.41) is 9.47. The van der Waals surface area contributed by atoms with E-state index in [0.717, 1.165) is 23.5 Å². The minimum Gasteiger partial charge on any atom is -0.481 e. The van der Waals surface area contributed by atoms with Gasteiger partial charge in [0.25, 0.3) is 0 Å². The van der Waals surface area contributed by atoms with Gasteiger partial charge in [-0.2, -0.15) is 0 Å². The number of carbonyl (C=O) groups is 1. The van der Waals surface area contributed by atoms with Gasteiger partial charge in [-0.15, -0.1) is 0 Å². The molecule has 1 aliphatic heterocycles. The van der Waals surface area contributed by atoms with Crippen LogP contribution in [0.3, 0.4) is 0 Å². The van der Waals surface area contributed by atoms with Crippen molar-refractivity contribution < 1.29 is 19.4 Å². The summed E-state index contributed by atoms with van der Waals surface area (Å²) in [6, 6.07) is 5.80. The van der Waals surface area contributed by atoms with Crippen molar-refractivity contribution in [1.29, 1.82) is 0 Å². The number of fused-ring (bicyclic) bond motifs is 3. The zero-order valence-corrected chi connectivity index (χ0v) is 10.3. The highest BCUT2D eigenvalue weighted by molar-refractivity contribution is 5.73. The first-order valence-electron chi connectivity index (χ1n) is 6.55. The molecule has 19 heavy (non-hydrogen) atoms. The number of rotatable bonds is 2. The molecule has 0 amide bonds. The van der Waals surface area contributed by atoms with E-state index in [2.05, 4.69) is 12.2 Å². The molecule has 1 aromatic carbocycles. The Morgan fingerprint density at radius 3 is 2.79 bits per heavy atom. The van der Waals surface area contributed by atoms with E-state index < -0.39 is 5.97 Å². The lowest BCUT2D eigenvalue weighted by Gasteiger charge is -2.25. The van der Waals surface area contributed by atoms with E-state index in [1.165, 1.54) is 0 Å². The van der Waals surface area contributed by atoms with Crippen LogP contribution in [0.25, 0.3) is 0 Å². The number of allylic oxidation sites excluding steroid dienone is 2. The fourth-order valence-corrected chi connectivity index (χ4v) is 3.73. The maximum atomic E-state index is 11.5. The third kappa shape index (κ3) is 1.49. The van der Waals surface area contributed by atoms with Crippen molar-refractivity contribution in [1.82, 2.24) is 0 Å². The van der Waals surface area contributed by atoms with E-state index in [9.17, 15) is 9.90 Å². The number of carboxylic acid groups (broad SMARTS) is 1. The molecule has 3 aliphatic rings. The van der Waals surface area contributed by atoms with E-state index in [4.69, 9.17) is 9.47 Å². The molecule has 0 aromatic heterocycles. The highest BCUT2D eigenvalue weighted by Crippen LogP contribution is 2.54. The summed E-state index contributed by atoms with van der Waals surface area (Å²) in [5.74, 6) is 1.05. The second kappa shape index (κ2) is 3.76. The quantitative estimate of drug-likeness (QED) is 0.828. The Hall–Kier alpha value is -1.97. The van der Waals surface area contributed by atoms with Crippen molar-refractivity contribution in [2.24, 2.45) is 17.8 Å². The van der Waals surface area contributed by atoms with Gasteiger partial charge in [-0.05, 0) is 36.0 Å². The van der Waals surface area contributed by atoms with Crippen molar-refractivity contribution in [3.63, 3.8) is 0 Å². The van der Waals surface area contributed by atoms with Crippen molar-refractivity contribution in [2.45, 2.75) is 12.3 Å². The second-order valence-electron chi connectivity index (χ2n) is 5.45. The number of aliphatic carboxylic acids is 1. The topological polar surface area (TPSA) is 55.8 Å². The van der Waals surface area contributed by atoms with Crippen molar-refractivity contribution in [3.8, 4) is 11.5 Å². The van der Waals surface area contributed by atoms with Gasteiger partial charge in [0.05, 0.1) is 5.92 Å². The third-order valence-electron chi connectivity index (χ3n) is 4.53. The van der Waals surface area contributed by atoms with Gasteiger partial charge in [0.1, 0.15) is 0 Å². The molecule has 98 valence electrons. The molecule has 0 spiro atoms. The van der Waals surface area contributed by atoms with Crippen LogP contribution in [0, 0.1) is 17.8 Å². The standard InChI is InChI=1S/C15H14O4/c16-15(17)14-9-2-1-8(5-9)13(14)10-3-4-11-12(6-10)19-7-18-11/h1-4,6,8-9,13-14H,5,7H2,(H,16,17). The second-order valence-corrected chi connectivity index (χ2v) is 5.45. The minimum absolute atomic E-state index is 0.0574. The average molecular weight is 258 g/mol. The van der Waals surface area contributed by atoms with E-state index >= 15 is 0 Å². The lowest BCUT2D eigenvalue weighted by molar-refractivity contribution is -0.143. The van der Waals surface area contributed by atoms with Gasteiger partial charge in [0, 0.05) is 5.92 Å². The highest BCUT2D eigenvalue weighted by Gasteiger charge is 2.49. The Kier molecular flexibility index (Phi) is 2.16. The molecule has 4 unspecified atom stereocenters. The summed E-state index contributed by atoms with van der Waals surface area (Å²) in [7, 11) is 0. The molecule has 1 fully saturated rings. The molecule has 1 N–H and O–H groups in total. The Labute approximate surface area is 110 Å². The summed E-state index contributed by atoms with van der Waals surface area (Å²) in [5.41, 5.74) is 1.05. The first kappa shape index (κ1) is 10.9. The summed E-state index contributed by atoms with van der Waals surface area (Å²) < 4.78 is 10.7. The van der Waals surface area contributed by atoms with Gasteiger partial charge in [0.15, 0.2) is 11.5 Å². The molecular formula is C15H14O4. The minimum atomic E-state index is -0.695. The van der Waals surface area contributed by atoms with E-state index in [1.54, 1.807) is 0 Å². The molecule has 1 heterocycles. The Morgan fingerprint density at radius 1 is 1.16 bits per heavy atom. The zero-order chi connectivity index (χ0) is 13.0. The van der Waals surface area contributed by atoms with Crippen LogP contribution in [0.4, 0.5) is 0 Å². The lowest BCUT2D eigenvalue weighted by Crippen LogP contribution is -2.25. The molecule has 4 atom stereocenters. The molecule has 4 nitrogen and oxygen atoms in total. The van der Waals surface area contributed by atoms with Gasteiger partial charge in [0.2, 0.25) is 6.79 Å². The van der Waals surface area contributed by atoms with Crippen LogP contribution in [-0.2, 0) is 4.79 Å². The summed E-state index contributed by atoms with van der Waals surface area (Å²) in [6.45, 7) is 0.248. The van der Waals surface area contributed by atoms with Crippen LogP contribution in [0.15, 0.2) is 30.4 Å². The van der Waals surface area contributed by atoms with Crippen molar-refractivity contribution in [3.05, 3.63) is 35.9 Å². The summed E-state index contributed by atoms with van der Waals surface area (Å²) in [6.07, 6.45) is 5.18. The van der Waals surface area contributed by atoms with Crippen LogP contribution < -0.4 is 9.47 Å². The molecule has 4 rings (SSSR count). The van der Waals surface area contributed by atoms with Crippen molar-refractivity contribution in [2.75, 3.05) is 6.79 Å². The largest absolute Gasteiger partial charge is 0.481 e. The Balaban J connectivity index is 1.75. The van der Waals surface area contributed by atoms with E-state index in [-0.39, 0.29) is 24.5 Å². The van der Waals surface area contributed by atoms with Gasteiger partial charge in [-0.1, -0.05) is 18.2 Å². The van der Waals surface area contributed by atoms with E-state index in [0.29, 0.717) is 5.92 Å². The SMILES string of the molecule is O=C(O)C1C2C=CC(C2)C1c1ccc2c(c1)OCO2. The van der Waals surface area contributed by atoms with E-state index in [1.807, 2.05) is 18.2 Å². The molecule has 2 bridgehead atoms. The maximum absolute atomic E-state index is 11.5. The monoisotopic (exact) mass is 258 g/mol. The molecule has 1 saturated carbocycles. The number of carboxylic acids is 1. The Morgan fingerprint density at radius 2 is 1.95 bits per heavy atom. The van der Waals surface area contributed by atoms with Crippen LogP contribution in [0.1, 0.15) is 17.9 Å². The van der Waals surface area contributed by atoms with Crippen LogP contribution in [-0.4, -0.2) is 17.9 Å². The molecule has 0 radical (unpaired) electrons. The lowest BCUT2D eigenvalue weighted by atomic mass is 9.78. The number of benzene rings is 1. The normalized spacial score (nSPS) is 33.9. The van der Waals surface area contributed by atoms with Crippen LogP contribution >= 0.6 is 0 Å². The molecule has 0 saturated heterocycles. The first-order chi connectivity index (χ1) is 9.24. The third-order valence-corrected chi connectivity index (χ3v) is 4.53. The first-order valence-corrected chi connectivity index (χ1v) is 6.55. The molecule has 4 heteroatoms. The molecule has 2 aliphatic carbocycles. The maximum Gasteiger partial charge on any atom is 0.307 e. The van der Waals surface area contributed by atoms with Crippen LogP contribution in [0.2, 0.25) is 0 Å². The number of hydrogen-bond acceptors (Lipinski definition) is 3. The van der Waals surface area contributed by atoms with Crippen LogP contribution in [0.5, 0.6) is 11.5 Å². The van der Waals surface area contributed by atoms with Gasteiger partial charge in [-0.25, -0.2) is 0 Å². The predicted molar refractivity (Wildman–Crippen MR) is 67.2 cm³/mol. The average Bonchev–Trinajstić information content (AvgIpc) is 3.11. The zero-order valence-electron chi connectivity index (χ0n) is 10.3. The highest BCUT2D eigenvalue weighted by atomic mass is 16.7. The fraction of sp³-hybridized carbons (Fsp3) is 0.400. The summed E-state index contributed by atoms with van der Waals surface area (Å²) in [4.78, 5) is 11.5. The van der Waals surface area contributed by atoms with Crippen molar-refractivity contribution >= 4 is 5.97 Å². The van der Waals surface area contributed by atoms with Gasteiger partial charge < -0.3 is 14.6 Å². The number of ether oxygens (including phenoxy) is 2. The van der Waals surface area contributed by atoms with Gasteiger partial charge >= 0.3 is 5.97 Å². The molecular weight excluding hydrogens is 244 g/mol.